The van der Waals surface area contributed by atoms with Crippen molar-refractivity contribution in [3.8, 4) is 6.07 Å². The molecule has 104 valence electrons. The van der Waals surface area contributed by atoms with E-state index >= 15 is 0 Å². The number of thiophene rings is 1. The molecule has 1 aromatic heterocycles. The van der Waals surface area contributed by atoms with Gasteiger partial charge in [0.05, 0.1) is 17.6 Å². The second-order valence-electron chi connectivity index (χ2n) is 6.06. The van der Waals surface area contributed by atoms with Gasteiger partial charge in [-0.05, 0) is 35.6 Å². The van der Waals surface area contributed by atoms with Crippen LogP contribution >= 0.6 is 11.3 Å². The van der Waals surface area contributed by atoms with Crippen molar-refractivity contribution in [1.29, 1.82) is 5.26 Å². The number of nitriles is 1. The number of aliphatic hydroxyl groups excluding tert-OH is 1. The third-order valence-electron chi connectivity index (χ3n) is 4.58. The highest BCUT2D eigenvalue weighted by molar-refractivity contribution is 7.17. The fourth-order valence-corrected chi connectivity index (χ4v) is 4.49. The predicted molar refractivity (Wildman–Crippen MR) is 82.5 cm³/mol. The van der Waals surface area contributed by atoms with Gasteiger partial charge in [-0.25, -0.2) is 0 Å². The van der Waals surface area contributed by atoms with Gasteiger partial charge in [-0.15, -0.1) is 11.3 Å². The van der Waals surface area contributed by atoms with Gasteiger partial charge in [0, 0.05) is 10.3 Å². The van der Waals surface area contributed by atoms with E-state index in [1.807, 2.05) is 23.6 Å². The number of nitrogens with zero attached hydrogens (tertiary/aromatic N) is 1. The van der Waals surface area contributed by atoms with E-state index in [4.69, 9.17) is 0 Å². The third-order valence-corrected chi connectivity index (χ3v) is 5.57. The van der Waals surface area contributed by atoms with E-state index in [9.17, 15) is 10.4 Å². The average molecular weight is 285 g/mol. The number of hydrogen-bond donors (Lipinski definition) is 1. The molecule has 0 spiro atoms. The molecule has 20 heavy (non-hydrogen) atoms. The Morgan fingerprint density at radius 3 is 3.00 bits per heavy atom. The lowest BCUT2D eigenvalue weighted by Gasteiger charge is -2.38. The third kappa shape index (κ3) is 2.13. The average Bonchev–Trinajstić information content (AvgIpc) is 2.90. The monoisotopic (exact) mass is 285 g/mol. The molecule has 1 heterocycles. The Bertz CT molecular complexity index is 656. The summed E-state index contributed by atoms with van der Waals surface area (Å²) in [6, 6.07) is 10.6. The first-order valence-corrected chi connectivity index (χ1v) is 8.10. The summed E-state index contributed by atoms with van der Waals surface area (Å²) in [6.07, 6.45) is 3.13. The molecule has 1 fully saturated rings. The van der Waals surface area contributed by atoms with E-state index in [1.165, 1.54) is 11.1 Å². The smallest absolute Gasteiger partial charge is 0.0990 e. The zero-order valence-electron chi connectivity index (χ0n) is 11.7. The molecule has 0 radical (unpaired) electrons. The molecule has 3 unspecified atom stereocenters. The second kappa shape index (κ2) is 5.20. The minimum absolute atomic E-state index is 0.517. The number of hydrogen-bond acceptors (Lipinski definition) is 3. The van der Waals surface area contributed by atoms with Crippen LogP contribution in [0.3, 0.4) is 0 Å². The van der Waals surface area contributed by atoms with Crippen LogP contribution < -0.4 is 0 Å². The Labute approximate surface area is 123 Å². The summed E-state index contributed by atoms with van der Waals surface area (Å²) in [6.45, 7) is 2.18. The molecule has 2 aromatic rings. The van der Waals surface area contributed by atoms with Crippen LogP contribution in [0.25, 0.3) is 10.1 Å². The molecule has 0 saturated heterocycles. The van der Waals surface area contributed by atoms with E-state index in [2.05, 4.69) is 19.1 Å². The first kappa shape index (κ1) is 13.6. The van der Waals surface area contributed by atoms with Crippen molar-refractivity contribution in [2.45, 2.75) is 38.7 Å². The van der Waals surface area contributed by atoms with Gasteiger partial charge >= 0.3 is 0 Å². The second-order valence-corrected chi connectivity index (χ2v) is 6.97. The number of aliphatic hydroxyl groups is 1. The van der Waals surface area contributed by atoms with Crippen LogP contribution in [0.1, 0.15) is 44.3 Å². The van der Waals surface area contributed by atoms with Gasteiger partial charge in [0.15, 0.2) is 0 Å². The normalized spacial score (nSPS) is 28.1. The number of benzene rings is 1. The summed E-state index contributed by atoms with van der Waals surface area (Å²) in [5.74, 6) is 0.517. The molecule has 3 atom stereocenters. The van der Waals surface area contributed by atoms with Gasteiger partial charge in [0.25, 0.3) is 0 Å². The van der Waals surface area contributed by atoms with Crippen molar-refractivity contribution in [3.05, 3.63) is 35.2 Å². The Hall–Kier alpha value is -1.37. The van der Waals surface area contributed by atoms with Crippen molar-refractivity contribution >= 4 is 21.4 Å². The summed E-state index contributed by atoms with van der Waals surface area (Å²) in [7, 11) is 0. The minimum Gasteiger partial charge on any atom is -0.387 e. The first-order valence-electron chi connectivity index (χ1n) is 7.22. The molecule has 1 aliphatic carbocycles. The van der Waals surface area contributed by atoms with Gasteiger partial charge in [-0.3, -0.25) is 0 Å². The highest BCUT2D eigenvalue weighted by Crippen LogP contribution is 2.49. The van der Waals surface area contributed by atoms with Crippen molar-refractivity contribution < 1.29 is 5.11 Å². The van der Waals surface area contributed by atoms with E-state index < -0.39 is 11.5 Å². The molecule has 2 nitrogen and oxygen atoms in total. The zero-order valence-corrected chi connectivity index (χ0v) is 12.5. The molecular formula is C17H19NOS. The molecule has 0 amide bonds. The van der Waals surface area contributed by atoms with Crippen LogP contribution in [0.15, 0.2) is 29.6 Å². The van der Waals surface area contributed by atoms with Gasteiger partial charge in [0.1, 0.15) is 0 Å². The van der Waals surface area contributed by atoms with E-state index in [1.54, 1.807) is 11.3 Å². The van der Waals surface area contributed by atoms with Crippen LogP contribution in [-0.4, -0.2) is 5.11 Å². The van der Waals surface area contributed by atoms with Crippen molar-refractivity contribution in [3.63, 3.8) is 0 Å². The number of fused-ring (bicyclic) bond motifs is 1. The molecule has 0 bridgehead atoms. The molecule has 1 saturated carbocycles. The van der Waals surface area contributed by atoms with E-state index in [0.29, 0.717) is 5.92 Å². The quantitative estimate of drug-likeness (QED) is 0.872. The Morgan fingerprint density at radius 2 is 2.25 bits per heavy atom. The Kier molecular flexibility index (Phi) is 3.54. The van der Waals surface area contributed by atoms with Crippen molar-refractivity contribution in [2.24, 2.45) is 11.3 Å². The van der Waals surface area contributed by atoms with E-state index in [-0.39, 0.29) is 0 Å². The van der Waals surface area contributed by atoms with Gasteiger partial charge in [-0.2, -0.15) is 5.26 Å². The van der Waals surface area contributed by atoms with Crippen LogP contribution in [0.2, 0.25) is 0 Å². The zero-order chi connectivity index (χ0) is 14.2. The summed E-state index contributed by atoms with van der Waals surface area (Å²) < 4.78 is 1.18. The Morgan fingerprint density at radius 1 is 1.45 bits per heavy atom. The molecule has 1 N–H and O–H groups in total. The topological polar surface area (TPSA) is 44.0 Å². The predicted octanol–water partition coefficient (Wildman–Crippen LogP) is 4.65. The summed E-state index contributed by atoms with van der Waals surface area (Å²) >= 11 is 1.65. The first-order chi connectivity index (χ1) is 9.66. The maximum atomic E-state index is 10.9. The van der Waals surface area contributed by atoms with Gasteiger partial charge in [-0.1, -0.05) is 38.0 Å². The summed E-state index contributed by atoms with van der Waals surface area (Å²) in [5.41, 5.74) is 0.322. The van der Waals surface area contributed by atoms with Crippen LogP contribution in [0, 0.1) is 22.7 Å². The molecule has 1 aromatic carbocycles. The van der Waals surface area contributed by atoms with Crippen LogP contribution in [0.4, 0.5) is 0 Å². The minimum atomic E-state index is -0.675. The van der Waals surface area contributed by atoms with Gasteiger partial charge < -0.3 is 5.11 Å². The van der Waals surface area contributed by atoms with E-state index in [0.717, 1.165) is 30.2 Å². The highest BCUT2D eigenvalue weighted by Gasteiger charge is 2.43. The fraction of sp³-hybridized carbons (Fsp3) is 0.471. The van der Waals surface area contributed by atoms with Crippen LogP contribution in [0.5, 0.6) is 0 Å². The molecule has 3 heteroatoms. The van der Waals surface area contributed by atoms with Crippen molar-refractivity contribution in [2.75, 3.05) is 0 Å². The van der Waals surface area contributed by atoms with Gasteiger partial charge in [0.2, 0.25) is 0 Å². The standard InChI is InChI=1S/C17H19NOS/c1-12-5-4-8-17(9-12,11-18)16(19)14-10-20-15-7-3-2-6-13(14)15/h2-3,6-7,10,12,16,19H,4-5,8-9H2,1H3. The summed E-state index contributed by atoms with van der Waals surface area (Å²) in [4.78, 5) is 0. The lowest BCUT2D eigenvalue weighted by atomic mass is 9.66. The summed E-state index contributed by atoms with van der Waals surface area (Å²) in [5, 5.41) is 23.7. The fourth-order valence-electron chi connectivity index (χ4n) is 3.51. The van der Waals surface area contributed by atoms with Crippen LogP contribution in [-0.2, 0) is 0 Å². The lowest BCUT2D eigenvalue weighted by Crippen LogP contribution is -2.32. The molecule has 0 aliphatic heterocycles. The lowest BCUT2D eigenvalue weighted by molar-refractivity contribution is 0.0232. The number of rotatable bonds is 2. The Balaban J connectivity index is 2.02. The maximum absolute atomic E-state index is 10.9. The molecule has 1 aliphatic rings. The highest BCUT2D eigenvalue weighted by atomic mass is 32.1. The maximum Gasteiger partial charge on any atom is 0.0990 e. The molecular weight excluding hydrogens is 266 g/mol. The molecule has 3 rings (SSSR count). The SMILES string of the molecule is CC1CCCC(C#N)(C(O)c2csc3ccccc23)C1. The van der Waals surface area contributed by atoms with Crippen molar-refractivity contribution in [1.82, 2.24) is 0 Å². The largest absolute Gasteiger partial charge is 0.387 e.